The third-order valence-corrected chi connectivity index (χ3v) is 3.50. The number of carbonyl (C=O) groups is 2. The molecule has 1 fully saturated rings. The number of benzene rings is 1. The van der Waals surface area contributed by atoms with Crippen molar-refractivity contribution < 1.29 is 24.2 Å². The van der Waals surface area contributed by atoms with Crippen LogP contribution in [0.3, 0.4) is 0 Å². The van der Waals surface area contributed by atoms with E-state index in [9.17, 15) is 9.59 Å². The quantitative estimate of drug-likeness (QED) is 0.740. The number of hydrogen-bond acceptors (Lipinski definition) is 4. The number of aliphatic carboxylic acids is 1. The molecular weight excluding hydrogens is 274 g/mol. The van der Waals surface area contributed by atoms with E-state index in [2.05, 4.69) is 5.32 Å². The highest BCUT2D eigenvalue weighted by atomic mass is 16.5. The molecule has 1 amide bonds. The van der Waals surface area contributed by atoms with Crippen molar-refractivity contribution in [2.45, 2.75) is 18.9 Å². The summed E-state index contributed by atoms with van der Waals surface area (Å²) >= 11 is 0. The molecule has 1 aromatic rings. The number of nitrogens with one attached hydrogen (secondary N) is 1. The Morgan fingerprint density at radius 1 is 1.24 bits per heavy atom. The van der Waals surface area contributed by atoms with Crippen LogP contribution in [0.2, 0.25) is 0 Å². The van der Waals surface area contributed by atoms with Gasteiger partial charge in [-0.1, -0.05) is 0 Å². The molecule has 1 aliphatic rings. The van der Waals surface area contributed by atoms with Gasteiger partial charge < -0.3 is 19.9 Å². The van der Waals surface area contributed by atoms with Gasteiger partial charge in [0.1, 0.15) is 12.4 Å². The number of ether oxygens (including phenoxy) is 2. The molecule has 1 saturated carbocycles. The molecule has 2 N–H and O–H groups in total. The van der Waals surface area contributed by atoms with Crippen LogP contribution in [-0.4, -0.2) is 43.3 Å². The molecule has 21 heavy (non-hydrogen) atoms. The first-order valence-corrected chi connectivity index (χ1v) is 6.85. The lowest BCUT2D eigenvalue weighted by atomic mass is 9.80. The minimum atomic E-state index is -0.793. The molecule has 0 spiro atoms. The van der Waals surface area contributed by atoms with E-state index in [0.717, 1.165) is 0 Å². The fourth-order valence-corrected chi connectivity index (χ4v) is 2.15. The molecule has 0 heterocycles. The summed E-state index contributed by atoms with van der Waals surface area (Å²) in [6.07, 6.45) is 0.999. The molecule has 6 nitrogen and oxygen atoms in total. The number of hydrogen-bond donors (Lipinski definition) is 2. The molecular formula is C15H19NO5. The number of carboxylic acids is 1. The fraction of sp³-hybridized carbons (Fsp3) is 0.467. The summed E-state index contributed by atoms with van der Waals surface area (Å²) in [5.41, 5.74) is 0.535. The van der Waals surface area contributed by atoms with Gasteiger partial charge in [0.05, 0.1) is 12.5 Å². The van der Waals surface area contributed by atoms with Gasteiger partial charge in [-0.3, -0.25) is 9.59 Å². The number of carbonyl (C=O) groups excluding carboxylic acids is 1. The zero-order valence-corrected chi connectivity index (χ0v) is 11.9. The highest BCUT2D eigenvalue weighted by Gasteiger charge is 2.35. The Morgan fingerprint density at radius 2 is 1.90 bits per heavy atom. The first-order chi connectivity index (χ1) is 10.1. The molecule has 1 aromatic carbocycles. The first-order valence-electron chi connectivity index (χ1n) is 6.85. The Balaban J connectivity index is 1.79. The predicted octanol–water partition coefficient (Wildman–Crippen LogP) is 1.30. The molecule has 0 aromatic heterocycles. The van der Waals surface area contributed by atoms with Crippen LogP contribution in [-0.2, 0) is 9.53 Å². The molecule has 0 saturated heterocycles. The average molecular weight is 293 g/mol. The second-order valence-corrected chi connectivity index (χ2v) is 5.04. The standard InChI is InChI=1S/C15H19NO5/c1-20-6-7-21-13-4-2-10(3-5-13)14(17)16-12-8-11(9-12)15(18)19/h2-5,11-12H,6-9H2,1H3,(H,16,17)(H,18,19). The van der Waals surface area contributed by atoms with E-state index >= 15 is 0 Å². The largest absolute Gasteiger partial charge is 0.491 e. The third kappa shape index (κ3) is 4.19. The lowest BCUT2D eigenvalue weighted by Gasteiger charge is -2.32. The van der Waals surface area contributed by atoms with Gasteiger partial charge in [-0.05, 0) is 37.1 Å². The summed E-state index contributed by atoms with van der Waals surface area (Å²) in [6, 6.07) is 6.78. The van der Waals surface area contributed by atoms with Crippen molar-refractivity contribution in [3.05, 3.63) is 29.8 Å². The van der Waals surface area contributed by atoms with Crippen molar-refractivity contribution in [3.8, 4) is 5.75 Å². The summed E-state index contributed by atoms with van der Waals surface area (Å²) in [5.74, 6) is -0.629. The maximum atomic E-state index is 12.0. The number of carboxylic acid groups (broad SMARTS) is 1. The van der Waals surface area contributed by atoms with Crippen molar-refractivity contribution in [2.24, 2.45) is 5.92 Å². The van der Waals surface area contributed by atoms with Crippen LogP contribution in [0, 0.1) is 5.92 Å². The zero-order valence-electron chi connectivity index (χ0n) is 11.9. The highest BCUT2D eigenvalue weighted by molar-refractivity contribution is 5.94. The highest BCUT2D eigenvalue weighted by Crippen LogP contribution is 2.27. The summed E-state index contributed by atoms with van der Waals surface area (Å²) in [6.45, 7) is 0.968. The number of rotatable bonds is 7. The minimum Gasteiger partial charge on any atom is -0.491 e. The van der Waals surface area contributed by atoms with Crippen molar-refractivity contribution >= 4 is 11.9 Å². The average Bonchev–Trinajstić information content (AvgIpc) is 2.42. The molecule has 0 atom stereocenters. The topological polar surface area (TPSA) is 84.9 Å². The van der Waals surface area contributed by atoms with Crippen LogP contribution in [0.5, 0.6) is 5.75 Å². The van der Waals surface area contributed by atoms with Crippen molar-refractivity contribution in [1.82, 2.24) is 5.32 Å². The van der Waals surface area contributed by atoms with Gasteiger partial charge in [-0.2, -0.15) is 0 Å². The Kier molecular flexibility index (Phi) is 5.16. The van der Waals surface area contributed by atoms with E-state index in [4.69, 9.17) is 14.6 Å². The van der Waals surface area contributed by atoms with E-state index in [1.54, 1.807) is 31.4 Å². The fourth-order valence-electron chi connectivity index (χ4n) is 2.15. The van der Waals surface area contributed by atoms with E-state index in [1.165, 1.54) is 0 Å². The van der Waals surface area contributed by atoms with Gasteiger partial charge in [0, 0.05) is 18.7 Å². The van der Waals surface area contributed by atoms with E-state index in [1.807, 2.05) is 0 Å². The molecule has 0 radical (unpaired) electrons. The van der Waals surface area contributed by atoms with Crippen LogP contribution < -0.4 is 10.1 Å². The van der Waals surface area contributed by atoms with E-state index in [0.29, 0.717) is 37.4 Å². The predicted molar refractivity (Wildman–Crippen MR) is 75.4 cm³/mol. The lowest BCUT2D eigenvalue weighted by Crippen LogP contribution is -2.46. The SMILES string of the molecule is COCCOc1ccc(C(=O)NC2CC(C(=O)O)C2)cc1. The van der Waals surface area contributed by atoms with E-state index < -0.39 is 5.97 Å². The summed E-state index contributed by atoms with van der Waals surface area (Å²) in [5, 5.41) is 11.6. The van der Waals surface area contributed by atoms with Gasteiger partial charge in [0.2, 0.25) is 0 Å². The molecule has 114 valence electrons. The normalized spacial score (nSPS) is 20.4. The number of methoxy groups -OCH3 is 1. The van der Waals surface area contributed by atoms with Gasteiger partial charge in [-0.25, -0.2) is 0 Å². The Hall–Kier alpha value is -2.08. The van der Waals surface area contributed by atoms with Crippen molar-refractivity contribution in [2.75, 3.05) is 20.3 Å². The molecule has 0 bridgehead atoms. The monoisotopic (exact) mass is 293 g/mol. The minimum absolute atomic E-state index is 0.0452. The lowest BCUT2D eigenvalue weighted by molar-refractivity contribution is -0.145. The summed E-state index contributed by atoms with van der Waals surface area (Å²) in [4.78, 5) is 22.7. The van der Waals surface area contributed by atoms with Crippen LogP contribution in [0.1, 0.15) is 23.2 Å². The summed E-state index contributed by atoms with van der Waals surface area (Å²) in [7, 11) is 1.60. The van der Waals surface area contributed by atoms with Gasteiger partial charge in [-0.15, -0.1) is 0 Å². The van der Waals surface area contributed by atoms with Crippen LogP contribution in [0.4, 0.5) is 0 Å². The Labute approximate surface area is 123 Å². The van der Waals surface area contributed by atoms with Crippen molar-refractivity contribution in [1.29, 1.82) is 0 Å². The molecule has 6 heteroatoms. The maximum absolute atomic E-state index is 12.0. The Morgan fingerprint density at radius 3 is 2.48 bits per heavy atom. The smallest absolute Gasteiger partial charge is 0.306 e. The first kappa shape index (κ1) is 15.3. The Bertz CT molecular complexity index is 493. The van der Waals surface area contributed by atoms with Gasteiger partial charge >= 0.3 is 5.97 Å². The van der Waals surface area contributed by atoms with Gasteiger partial charge in [0.15, 0.2) is 0 Å². The zero-order chi connectivity index (χ0) is 15.2. The number of amides is 1. The summed E-state index contributed by atoms with van der Waals surface area (Å²) < 4.78 is 10.3. The van der Waals surface area contributed by atoms with Crippen LogP contribution in [0.25, 0.3) is 0 Å². The van der Waals surface area contributed by atoms with Crippen LogP contribution in [0.15, 0.2) is 24.3 Å². The molecule has 0 unspecified atom stereocenters. The van der Waals surface area contributed by atoms with Crippen molar-refractivity contribution in [3.63, 3.8) is 0 Å². The van der Waals surface area contributed by atoms with Gasteiger partial charge in [0.25, 0.3) is 5.91 Å². The second kappa shape index (κ2) is 7.08. The maximum Gasteiger partial charge on any atom is 0.306 e. The van der Waals surface area contributed by atoms with E-state index in [-0.39, 0.29) is 17.9 Å². The molecule has 0 aliphatic heterocycles. The molecule has 1 aliphatic carbocycles. The second-order valence-electron chi connectivity index (χ2n) is 5.04. The van der Waals surface area contributed by atoms with Crippen LogP contribution >= 0.6 is 0 Å². The third-order valence-electron chi connectivity index (χ3n) is 3.50. The molecule has 2 rings (SSSR count).